The Bertz CT molecular complexity index is 732. The lowest BCUT2D eigenvalue weighted by atomic mass is 9.93. The summed E-state index contributed by atoms with van der Waals surface area (Å²) in [4.78, 5) is 24.8. The van der Waals surface area contributed by atoms with E-state index in [4.69, 9.17) is 9.47 Å². The quantitative estimate of drug-likeness (QED) is 0.626. The van der Waals surface area contributed by atoms with Crippen LogP contribution in [0.4, 0.5) is 4.79 Å². The Balaban J connectivity index is 2.64. The van der Waals surface area contributed by atoms with Crippen LogP contribution in [0.3, 0.4) is 0 Å². The Labute approximate surface area is 163 Å². The number of urea groups is 1. The minimum absolute atomic E-state index is 0.271. The van der Waals surface area contributed by atoms with Gasteiger partial charge in [0.05, 0.1) is 29.3 Å². The number of allylic oxidation sites excluding steroid dienone is 1. The number of hydrogen-bond acceptors (Lipinski definition) is 4. The van der Waals surface area contributed by atoms with Gasteiger partial charge in [0.15, 0.2) is 0 Å². The molecule has 0 radical (unpaired) electrons. The summed E-state index contributed by atoms with van der Waals surface area (Å²) in [6, 6.07) is 2.59. The van der Waals surface area contributed by atoms with Gasteiger partial charge in [0, 0.05) is 15.7 Å². The van der Waals surface area contributed by atoms with Gasteiger partial charge in [-0.05, 0) is 48.3 Å². The molecule has 0 bridgehead atoms. The first-order valence-electron chi connectivity index (χ1n) is 7.82. The average molecular weight is 476 g/mol. The van der Waals surface area contributed by atoms with Crippen LogP contribution in [0, 0.1) is 0 Å². The summed E-state index contributed by atoms with van der Waals surface area (Å²) in [5, 5.41) is 5.50. The summed E-state index contributed by atoms with van der Waals surface area (Å²) in [5.74, 6) is 0.0724. The van der Waals surface area contributed by atoms with Crippen LogP contribution in [0.15, 0.2) is 32.3 Å². The second kappa shape index (κ2) is 8.23. The predicted octanol–water partition coefficient (Wildman–Crippen LogP) is 4.19. The molecule has 2 rings (SSSR count). The average Bonchev–Trinajstić information content (AvgIpc) is 2.52. The monoisotopic (exact) mass is 474 g/mol. The van der Waals surface area contributed by atoms with E-state index in [1.165, 1.54) is 7.11 Å². The maximum absolute atomic E-state index is 12.7. The van der Waals surface area contributed by atoms with Gasteiger partial charge in [-0.15, -0.1) is 0 Å². The minimum atomic E-state index is -0.682. The van der Waals surface area contributed by atoms with Gasteiger partial charge in [0.25, 0.3) is 0 Å². The van der Waals surface area contributed by atoms with Gasteiger partial charge in [0.1, 0.15) is 5.75 Å². The molecule has 1 aromatic carbocycles. The Kier molecular flexibility index (Phi) is 6.51. The Morgan fingerprint density at radius 3 is 2.56 bits per heavy atom. The first-order chi connectivity index (χ1) is 11.8. The number of methoxy groups -OCH3 is 1. The van der Waals surface area contributed by atoms with Gasteiger partial charge >= 0.3 is 12.0 Å². The van der Waals surface area contributed by atoms with Gasteiger partial charge in [-0.1, -0.05) is 22.9 Å². The molecule has 25 heavy (non-hydrogen) atoms. The summed E-state index contributed by atoms with van der Waals surface area (Å²) in [6.07, 6.45) is 0.219. The molecule has 2 N–H and O–H groups in total. The second-order valence-electron chi connectivity index (χ2n) is 5.74. The highest BCUT2D eigenvalue weighted by atomic mass is 79.9. The molecule has 1 heterocycles. The SMILES string of the molecule is CCC1=C(C(=O)OC(C)C)C(c2cc(Br)cc(Br)c2OC)NC(=O)N1. The topological polar surface area (TPSA) is 76.7 Å². The number of ether oxygens (including phenoxy) is 2. The van der Waals surface area contributed by atoms with Gasteiger partial charge < -0.3 is 20.1 Å². The molecule has 2 amide bonds. The van der Waals surface area contributed by atoms with E-state index in [9.17, 15) is 9.59 Å². The second-order valence-corrected chi connectivity index (χ2v) is 7.51. The van der Waals surface area contributed by atoms with Crippen molar-refractivity contribution in [1.82, 2.24) is 10.6 Å². The molecule has 0 fully saturated rings. The van der Waals surface area contributed by atoms with E-state index < -0.39 is 12.0 Å². The molecule has 1 aromatic rings. The molecule has 6 nitrogen and oxygen atoms in total. The minimum Gasteiger partial charge on any atom is -0.495 e. The summed E-state index contributed by atoms with van der Waals surface area (Å²) in [6.45, 7) is 5.43. The fraction of sp³-hybridized carbons (Fsp3) is 0.412. The molecule has 136 valence electrons. The zero-order chi connectivity index (χ0) is 18.7. The number of rotatable bonds is 5. The van der Waals surface area contributed by atoms with Crippen molar-refractivity contribution in [3.05, 3.63) is 37.9 Å². The van der Waals surface area contributed by atoms with Crippen molar-refractivity contribution in [2.45, 2.75) is 39.3 Å². The normalized spacial score (nSPS) is 17.2. The van der Waals surface area contributed by atoms with Crippen LogP contribution in [-0.4, -0.2) is 25.2 Å². The van der Waals surface area contributed by atoms with Crippen LogP contribution < -0.4 is 15.4 Å². The van der Waals surface area contributed by atoms with Crippen LogP contribution >= 0.6 is 31.9 Å². The molecule has 0 spiro atoms. The first-order valence-corrected chi connectivity index (χ1v) is 9.41. The molecular weight excluding hydrogens is 456 g/mol. The number of carbonyl (C=O) groups is 2. The first kappa shape index (κ1) is 19.8. The van der Waals surface area contributed by atoms with E-state index in [-0.39, 0.29) is 12.1 Å². The smallest absolute Gasteiger partial charge is 0.338 e. The number of carbonyl (C=O) groups excluding carboxylic acids is 2. The maximum Gasteiger partial charge on any atom is 0.338 e. The van der Waals surface area contributed by atoms with Gasteiger partial charge in [-0.3, -0.25) is 0 Å². The van der Waals surface area contributed by atoms with Crippen molar-refractivity contribution < 1.29 is 19.1 Å². The molecule has 8 heteroatoms. The van der Waals surface area contributed by atoms with Gasteiger partial charge in [-0.2, -0.15) is 0 Å². The maximum atomic E-state index is 12.7. The third-order valence-corrected chi connectivity index (χ3v) is 4.67. The summed E-state index contributed by atoms with van der Waals surface area (Å²) in [5.41, 5.74) is 1.57. The van der Waals surface area contributed by atoms with Crippen LogP contribution in [0.1, 0.15) is 38.8 Å². The van der Waals surface area contributed by atoms with Crippen molar-refractivity contribution >= 4 is 43.9 Å². The molecule has 0 aromatic heterocycles. The lowest BCUT2D eigenvalue weighted by molar-refractivity contribution is -0.143. The zero-order valence-corrected chi connectivity index (χ0v) is 17.6. The number of amides is 2. The van der Waals surface area contributed by atoms with Crippen molar-refractivity contribution in [3.63, 3.8) is 0 Å². The largest absolute Gasteiger partial charge is 0.495 e. The molecule has 1 unspecified atom stereocenters. The highest BCUT2D eigenvalue weighted by Crippen LogP contribution is 2.40. The standard InChI is InChI=1S/C17H20Br2N2O4/c1-5-12-13(16(22)25-8(2)3)14(21-17(23)20-12)10-6-9(18)7-11(19)15(10)24-4/h6-8,14H,5H2,1-4H3,(H2,20,21,23). The Morgan fingerprint density at radius 2 is 2.00 bits per heavy atom. The van der Waals surface area contributed by atoms with Crippen molar-refractivity contribution in [3.8, 4) is 5.75 Å². The zero-order valence-electron chi connectivity index (χ0n) is 14.4. The van der Waals surface area contributed by atoms with Crippen LogP contribution in [0.5, 0.6) is 5.75 Å². The highest BCUT2D eigenvalue weighted by Gasteiger charge is 2.35. The lowest BCUT2D eigenvalue weighted by Crippen LogP contribution is -2.46. The fourth-order valence-corrected chi connectivity index (χ4v) is 4.08. The van der Waals surface area contributed by atoms with Crippen molar-refractivity contribution in [2.75, 3.05) is 7.11 Å². The van der Waals surface area contributed by atoms with Crippen molar-refractivity contribution in [2.24, 2.45) is 0 Å². The van der Waals surface area contributed by atoms with Gasteiger partial charge in [-0.25, -0.2) is 9.59 Å². The van der Waals surface area contributed by atoms with Gasteiger partial charge in [0.2, 0.25) is 0 Å². The molecule has 0 aliphatic carbocycles. The highest BCUT2D eigenvalue weighted by molar-refractivity contribution is 9.11. The van der Waals surface area contributed by atoms with Crippen LogP contribution in [-0.2, 0) is 9.53 Å². The lowest BCUT2D eigenvalue weighted by Gasteiger charge is -2.30. The van der Waals surface area contributed by atoms with Crippen LogP contribution in [0.25, 0.3) is 0 Å². The molecule has 1 atom stereocenters. The fourth-order valence-electron chi connectivity index (χ4n) is 2.66. The summed E-state index contributed by atoms with van der Waals surface area (Å²) >= 11 is 6.90. The number of esters is 1. The third-order valence-electron chi connectivity index (χ3n) is 3.62. The van der Waals surface area contributed by atoms with E-state index >= 15 is 0 Å². The Hall–Kier alpha value is -1.54. The molecule has 1 aliphatic rings. The van der Waals surface area contributed by atoms with E-state index in [1.54, 1.807) is 13.8 Å². The third kappa shape index (κ3) is 4.36. The summed E-state index contributed by atoms with van der Waals surface area (Å²) in [7, 11) is 1.54. The van der Waals surface area contributed by atoms with E-state index in [2.05, 4.69) is 42.5 Å². The molecule has 0 saturated carbocycles. The van der Waals surface area contributed by atoms with Crippen LogP contribution in [0.2, 0.25) is 0 Å². The molecular formula is C17H20Br2N2O4. The Morgan fingerprint density at radius 1 is 1.32 bits per heavy atom. The van der Waals surface area contributed by atoms with E-state index in [0.29, 0.717) is 33.5 Å². The number of hydrogen-bond donors (Lipinski definition) is 2. The predicted molar refractivity (Wildman–Crippen MR) is 101 cm³/mol. The molecule has 1 aliphatic heterocycles. The number of benzene rings is 1. The summed E-state index contributed by atoms with van der Waals surface area (Å²) < 4.78 is 12.4. The van der Waals surface area contributed by atoms with E-state index in [1.807, 2.05) is 19.1 Å². The van der Waals surface area contributed by atoms with E-state index in [0.717, 1.165) is 4.47 Å². The number of nitrogens with one attached hydrogen (secondary N) is 2. The molecule has 0 saturated heterocycles. The number of halogens is 2. The van der Waals surface area contributed by atoms with Crippen molar-refractivity contribution in [1.29, 1.82) is 0 Å².